The number of nitrogens with zero attached hydrogens (tertiary/aromatic N) is 1. The minimum atomic E-state index is -0.154. The van der Waals surface area contributed by atoms with Crippen molar-refractivity contribution in [3.63, 3.8) is 0 Å². The van der Waals surface area contributed by atoms with Crippen molar-refractivity contribution >= 4 is 28.6 Å². The summed E-state index contributed by atoms with van der Waals surface area (Å²) in [4.78, 5) is 16.4. The highest BCUT2D eigenvalue weighted by Gasteiger charge is 2.01. The van der Waals surface area contributed by atoms with Gasteiger partial charge < -0.3 is 5.32 Å². The Balaban J connectivity index is 1.79. The van der Waals surface area contributed by atoms with Gasteiger partial charge in [-0.3, -0.25) is 9.78 Å². The predicted molar refractivity (Wildman–Crippen MR) is 90.6 cm³/mol. The van der Waals surface area contributed by atoms with E-state index in [0.29, 0.717) is 0 Å². The van der Waals surface area contributed by atoms with Crippen LogP contribution in [0.5, 0.6) is 0 Å². The molecule has 0 aliphatic heterocycles. The number of amides is 1. The molecule has 0 radical (unpaired) electrons. The van der Waals surface area contributed by atoms with Crippen molar-refractivity contribution in [2.75, 3.05) is 5.32 Å². The molecule has 0 saturated heterocycles. The van der Waals surface area contributed by atoms with E-state index < -0.39 is 0 Å². The normalized spacial score (nSPS) is 11.0. The van der Waals surface area contributed by atoms with Gasteiger partial charge in [-0.05, 0) is 36.8 Å². The number of pyridine rings is 1. The molecule has 3 nitrogen and oxygen atoms in total. The molecule has 0 unspecified atom stereocenters. The quantitative estimate of drug-likeness (QED) is 0.734. The molecule has 3 rings (SSSR count). The Morgan fingerprint density at radius 3 is 2.77 bits per heavy atom. The lowest BCUT2D eigenvalue weighted by molar-refractivity contribution is -0.111. The fourth-order valence-electron chi connectivity index (χ4n) is 2.33. The van der Waals surface area contributed by atoms with Crippen molar-refractivity contribution in [1.82, 2.24) is 4.98 Å². The van der Waals surface area contributed by atoms with Crippen molar-refractivity contribution in [1.29, 1.82) is 0 Å². The first kappa shape index (κ1) is 14.0. The van der Waals surface area contributed by atoms with Crippen LogP contribution in [0.2, 0.25) is 0 Å². The summed E-state index contributed by atoms with van der Waals surface area (Å²) in [6, 6.07) is 17.5. The molecular formula is C19H16N2O. The van der Waals surface area contributed by atoms with Crippen LogP contribution >= 0.6 is 0 Å². The minimum absolute atomic E-state index is 0.154. The smallest absolute Gasteiger partial charge is 0.248 e. The highest BCUT2D eigenvalue weighted by molar-refractivity contribution is 6.03. The van der Waals surface area contributed by atoms with E-state index in [1.54, 1.807) is 12.3 Å². The average molecular weight is 288 g/mol. The van der Waals surface area contributed by atoms with Gasteiger partial charge in [0.25, 0.3) is 0 Å². The van der Waals surface area contributed by atoms with Gasteiger partial charge in [0, 0.05) is 28.9 Å². The highest BCUT2D eigenvalue weighted by atomic mass is 16.1. The molecule has 0 saturated carbocycles. The molecule has 0 aliphatic rings. The van der Waals surface area contributed by atoms with Gasteiger partial charge in [-0.1, -0.05) is 36.4 Å². The summed E-state index contributed by atoms with van der Waals surface area (Å²) in [6.45, 7) is 1.99. The molecule has 0 spiro atoms. The molecule has 0 aliphatic carbocycles. The first-order chi connectivity index (χ1) is 10.7. The zero-order chi connectivity index (χ0) is 15.4. The number of anilines is 1. The van der Waals surface area contributed by atoms with Crippen LogP contribution in [0.1, 0.15) is 11.1 Å². The topological polar surface area (TPSA) is 42.0 Å². The number of aromatic nitrogens is 1. The molecular weight excluding hydrogens is 272 g/mol. The Hall–Kier alpha value is -2.94. The standard InChI is InChI=1S/C19H16N2O/c1-14-5-2-9-17(13-14)21-18(22)11-10-16-7-3-6-15-8-4-12-20-19(15)16/h2-13H,1H3,(H,21,22)/b11-10+. The molecule has 1 N–H and O–H groups in total. The molecule has 1 aromatic heterocycles. The monoisotopic (exact) mass is 288 g/mol. The van der Waals surface area contributed by atoms with Crippen LogP contribution in [0.4, 0.5) is 5.69 Å². The second-order valence-corrected chi connectivity index (χ2v) is 5.11. The number of carbonyl (C=O) groups excluding carboxylic acids is 1. The van der Waals surface area contributed by atoms with Crippen LogP contribution in [-0.4, -0.2) is 10.9 Å². The minimum Gasteiger partial charge on any atom is -0.323 e. The summed E-state index contributed by atoms with van der Waals surface area (Å²) in [7, 11) is 0. The van der Waals surface area contributed by atoms with Crippen molar-refractivity contribution in [3.05, 3.63) is 78.0 Å². The van der Waals surface area contributed by atoms with Crippen molar-refractivity contribution < 1.29 is 4.79 Å². The first-order valence-corrected chi connectivity index (χ1v) is 7.12. The Morgan fingerprint density at radius 1 is 1.09 bits per heavy atom. The van der Waals surface area contributed by atoms with E-state index in [2.05, 4.69) is 10.3 Å². The summed E-state index contributed by atoms with van der Waals surface area (Å²) in [5, 5.41) is 3.91. The first-order valence-electron chi connectivity index (χ1n) is 7.12. The maximum atomic E-state index is 12.0. The number of aryl methyl sites for hydroxylation is 1. The number of benzene rings is 2. The van der Waals surface area contributed by atoms with Gasteiger partial charge >= 0.3 is 0 Å². The maximum absolute atomic E-state index is 12.0. The van der Waals surface area contributed by atoms with Gasteiger partial charge in [0.1, 0.15) is 0 Å². The Morgan fingerprint density at radius 2 is 1.91 bits per heavy atom. The van der Waals surface area contributed by atoms with Gasteiger partial charge in [0.05, 0.1) is 5.52 Å². The maximum Gasteiger partial charge on any atom is 0.248 e. The van der Waals surface area contributed by atoms with Crippen molar-refractivity contribution in [2.24, 2.45) is 0 Å². The van der Waals surface area contributed by atoms with Crippen molar-refractivity contribution in [3.8, 4) is 0 Å². The predicted octanol–water partition coefficient (Wildman–Crippen LogP) is 4.20. The van der Waals surface area contributed by atoms with Crippen LogP contribution < -0.4 is 5.32 Å². The third-order valence-corrected chi connectivity index (χ3v) is 3.36. The van der Waals surface area contributed by atoms with Gasteiger partial charge in [-0.15, -0.1) is 0 Å². The summed E-state index contributed by atoms with van der Waals surface area (Å²) >= 11 is 0. The lowest BCUT2D eigenvalue weighted by Gasteiger charge is -2.03. The molecule has 3 aromatic rings. The molecule has 3 heteroatoms. The van der Waals surface area contributed by atoms with Crippen LogP contribution in [0.25, 0.3) is 17.0 Å². The summed E-state index contributed by atoms with van der Waals surface area (Å²) in [6.07, 6.45) is 5.08. The summed E-state index contributed by atoms with van der Waals surface area (Å²) < 4.78 is 0. The number of hydrogen-bond acceptors (Lipinski definition) is 2. The summed E-state index contributed by atoms with van der Waals surface area (Å²) in [5.74, 6) is -0.154. The van der Waals surface area contributed by atoms with Crippen LogP contribution in [0, 0.1) is 6.92 Å². The fraction of sp³-hybridized carbons (Fsp3) is 0.0526. The van der Waals surface area contributed by atoms with E-state index in [9.17, 15) is 4.79 Å². The van der Waals surface area contributed by atoms with Crippen molar-refractivity contribution in [2.45, 2.75) is 6.92 Å². The summed E-state index contributed by atoms with van der Waals surface area (Å²) in [5.41, 5.74) is 3.73. The average Bonchev–Trinajstić information content (AvgIpc) is 2.53. The molecule has 2 aromatic carbocycles. The number of hydrogen-bond donors (Lipinski definition) is 1. The molecule has 22 heavy (non-hydrogen) atoms. The zero-order valence-electron chi connectivity index (χ0n) is 12.3. The molecule has 108 valence electrons. The van der Waals surface area contributed by atoms with E-state index in [1.165, 1.54) is 6.08 Å². The molecule has 1 heterocycles. The van der Waals surface area contributed by atoms with E-state index >= 15 is 0 Å². The van der Waals surface area contributed by atoms with Crippen LogP contribution in [-0.2, 0) is 4.79 Å². The van der Waals surface area contributed by atoms with Crippen LogP contribution in [0.3, 0.4) is 0 Å². The largest absolute Gasteiger partial charge is 0.323 e. The number of para-hydroxylation sites is 1. The van der Waals surface area contributed by atoms with Gasteiger partial charge in [-0.25, -0.2) is 0 Å². The lowest BCUT2D eigenvalue weighted by atomic mass is 10.1. The van der Waals surface area contributed by atoms with Gasteiger partial charge in [-0.2, -0.15) is 0 Å². The zero-order valence-corrected chi connectivity index (χ0v) is 12.3. The second kappa shape index (κ2) is 6.22. The Labute approximate surface area is 129 Å². The lowest BCUT2D eigenvalue weighted by Crippen LogP contribution is -2.07. The second-order valence-electron chi connectivity index (χ2n) is 5.11. The molecule has 0 atom stereocenters. The van der Waals surface area contributed by atoms with Gasteiger partial charge in [0.15, 0.2) is 0 Å². The van der Waals surface area contributed by atoms with E-state index in [1.807, 2.05) is 61.5 Å². The SMILES string of the molecule is Cc1cccc(NC(=O)/C=C/c2cccc3cccnc23)c1. The number of nitrogens with one attached hydrogen (secondary N) is 1. The van der Waals surface area contributed by atoms with E-state index in [-0.39, 0.29) is 5.91 Å². The van der Waals surface area contributed by atoms with Gasteiger partial charge in [0.2, 0.25) is 5.91 Å². The number of fused-ring (bicyclic) bond motifs is 1. The Bertz CT molecular complexity index is 847. The highest BCUT2D eigenvalue weighted by Crippen LogP contribution is 2.17. The molecule has 0 fully saturated rings. The molecule has 1 amide bonds. The third-order valence-electron chi connectivity index (χ3n) is 3.36. The van der Waals surface area contributed by atoms with E-state index in [4.69, 9.17) is 0 Å². The molecule has 0 bridgehead atoms. The Kier molecular flexibility index (Phi) is 3.97. The number of rotatable bonds is 3. The third kappa shape index (κ3) is 3.20. The van der Waals surface area contributed by atoms with Crippen LogP contribution in [0.15, 0.2) is 66.9 Å². The fourth-order valence-corrected chi connectivity index (χ4v) is 2.33. The number of carbonyl (C=O) groups is 1. The van der Waals surface area contributed by atoms with E-state index in [0.717, 1.165) is 27.7 Å².